The molecule has 0 aliphatic heterocycles. The Balaban J connectivity index is 2.04. The van der Waals surface area contributed by atoms with Crippen molar-refractivity contribution in [3.05, 3.63) is 47.7 Å². The average molecular weight is 244 g/mol. The van der Waals surface area contributed by atoms with E-state index in [0.29, 0.717) is 0 Å². The molecule has 92 valence electrons. The molecule has 0 spiro atoms. The summed E-state index contributed by atoms with van der Waals surface area (Å²) in [5, 5.41) is 0. The van der Waals surface area contributed by atoms with Gasteiger partial charge in [-0.3, -0.25) is 0 Å². The van der Waals surface area contributed by atoms with Crippen LogP contribution in [0.3, 0.4) is 0 Å². The number of nitrogens with zero attached hydrogens (tertiary/aromatic N) is 2. The summed E-state index contributed by atoms with van der Waals surface area (Å²) in [6, 6.07) is 9.33. The lowest BCUT2D eigenvalue weighted by atomic mass is 10.2. The predicted octanol–water partition coefficient (Wildman–Crippen LogP) is 0.998. The van der Waals surface area contributed by atoms with Crippen LogP contribution in [0.15, 0.2) is 36.5 Å². The molecule has 0 saturated heterocycles. The fourth-order valence-corrected chi connectivity index (χ4v) is 1.37. The van der Waals surface area contributed by atoms with Crippen molar-refractivity contribution in [2.24, 2.45) is 0 Å². The van der Waals surface area contributed by atoms with E-state index in [-0.39, 0.29) is 23.9 Å². The molecule has 1 heterocycles. The molecule has 4 N–H and O–H groups in total. The Bertz CT molecular complexity index is 557. The first-order valence-corrected chi connectivity index (χ1v) is 5.26. The second-order valence-corrected chi connectivity index (χ2v) is 3.59. The van der Waals surface area contributed by atoms with Gasteiger partial charge < -0.3 is 16.2 Å². The topological polar surface area (TPSA) is 104 Å². The van der Waals surface area contributed by atoms with E-state index in [4.69, 9.17) is 16.2 Å². The normalized spacial score (nSPS) is 10.0. The van der Waals surface area contributed by atoms with Crippen LogP contribution in [-0.2, 0) is 11.3 Å². The summed E-state index contributed by atoms with van der Waals surface area (Å²) in [5.74, 6) is -0.538. The first-order valence-electron chi connectivity index (χ1n) is 5.26. The van der Waals surface area contributed by atoms with Gasteiger partial charge in [-0.25, -0.2) is 9.78 Å². The van der Waals surface area contributed by atoms with Crippen LogP contribution in [0, 0.1) is 0 Å². The Kier molecular flexibility index (Phi) is 3.38. The fourth-order valence-electron chi connectivity index (χ4n) is 1.37. The third-order valence-electron chi connectivity index (χ3n) is 2.27. The number of carbonyl (C=O) groups excluding carboxylic acids is 1. The predicted molar refractivity (Wildman–Crippen MR) is 66.4 cm³/mol. The molecule has 1 aromatic heterocycles. The van der Waals surface area contributed by atoms with Gasteiger partial charge in [0.2, 0.25) is 5.95 Å². The summed E-state index contributed by atoms with van der Waals surface area (Å²) in [7, 11) is 0. The number of hydrogen-bond donors (Lipinski definition) is 2. The minimum Gasteiger partial charge on any atom is -0.457 e. The number of carbonyl (C=O) groups is 1. The van der Waals surface area contributed by atoms with Crippen molar-refractivity contribution in [3.63, 3.8) is 0 Å². The highest BCUT2D eigenvalue weighted by atomic mass is 16.5. The highest BCUT2D eigenvalue weighted by Gasteiger charge is 2.13. The molecule has 18 heavy (non-hydrogen) atoms. The van der Waals surface area contributed by atoms with E-state index in [1.807, 2.05) is 30.3 Å². The number of nitrogens with two attached hydrogens (primary N) is 2. The lowest BCUT2D eigenvalue weighted by Crippen LogP contribution is -2.11. The molecule has 0 unspecified atom stereocenters. The van der Waals surface area contributed by atoms with Crippen molar-refractivity contribution in [2.75, 3.05) is 11.5 Å². The molecule has 0 saturated carbocycles. The zero-order valence-electron chi connectivity index (χ0n) is 9.54. The van der Waals surface area contributed by atoms with Gasteiger partial charge in [-0.15, -0.1) is 0 Å². The molecule has 6 heteroatoms. The van der Waals surface area contributed by atoms with Crippen LogP contribution in [0.25, 0.3) is 0 Å². The number of ether oxygens (including phenoxy) is 1. The fraction of sp³-hybridized carbons (Fsp3) is 0.0833. The Hall–Kier alpha value is -2.63. The number of benzene rings is 1. The van der Waals surface area contributed by atoms with Crippen LogP contribution in [0.2, 0.25) is 0 Å². The minimum atomic E-state index is -0.573. The standard InChI is InChI=1S/C12H12N4O2/c13-10-9(6-15-12(14)16-10)11(17)18-7-8-4-2-1-3-5-8/h1-6H,7H2,(H4,13,14,15,16). The largest absolute Gasteiger partial charge is 0.457 e. The Labute approximate surface area is 104 Å². The zero-order valence-corrected chi connectivity index (χ0v) is 9.54. The summed E-state index contributed by atoms with van der Waals surface area (Å²) in [6.07, 6.45) is 1.25. The third kappa shape index (κ3) is 2.73. The zero-order chi connectivity index (χ0) is 13.0. The SMILES string of the molecule is Nc1ncc(C(=O)OCc2ccccc2)c(N)n1. The van der Waals surface area contributed by atoms with Gasteiger partial charge in [0.15, 0.2) is 0 Å². The second-order valence-electron chi connectivity index (χ2n) is 3.59. The van der Waals surface area contributed by atoms with E-state index in [0.717, 1.165) is 5.56 Å². The average Bonchev–Trinajstić information content (AvgIpc) is 2.37. The van der Waals surface area contributed by atoms with Crippen LogP contribution in [-0.4, -0.2) is 15.9 Å². The van der Waals surface area contributed by atoms with Crippen LogP contribution >= 0.6 is 0 Å². The van der Waals surface area contributed by atoms with Gasteiger partial charge in [0.25, 0.3) is 0 Å². The molecule has 1 aromatic carbocycles. The number of rotatable bonds is 3. The first-order chi connectivity index (χ1) is 8.66. The number of aromatic nitrogens is 2. The second kappa shape index (κ2) is 5.13. The summed E-state index contributed by atoms with van der Waals surface area (Å²) in [5.41, 5.74) is 11.9. The van der Waals surface area contributed by atoms with Crippen molar-refractivity contribution in [1.29, 1.82) is 0 Å². The molecule has 0 aliphatic carbocycles. The molecular formula is C12H12N4O2. The van der Waals surface area contributed by atoms with Crippen LogP contribution in [0.1, 0.15) is 15.9 Å². The summed E-state index contributed by atoms with van der Waals surface area (Å²) in [6.45, 7) is 0.170. The molecule has 0 fully saturated rings. The van der Waals surface area contributed by atoms with E-state index in [1.165, 1.54) is 6.20 Å². The van der Waals surface area contributed by atoms with Crippen LogP contribution in [0.4, 0.5) is 11.8 Å². The Morgan fingerprint density at radius 2 is 1.94 bits per heavy atom. The number of esters is 1. The van der Waals surface area contributed by atoms with Crippen molar-refractivity contribution in [3.8, 4) is 0 Å². The van der Waals surface area contributed by atoms with Gasteiger partial charge in [-0.1, -0.05) is 30.3 Å². The molecule has 6 nitrogen and oxygen atoms in total. The molecule has 2 aromatic rings. The van der Waals surface area contributed by atoms with Gasteiger partial charge in [0, 0.05) is 6.20 Å². The van der Waals surface area contributed by atoms with Gasteiger partial charge in [-0.05, 0) is 5.56 Å². The van der Waals surface area contributed by atoms with Crippen LogP contribution in [0.5, 0.6) is 0 Å². The highest BCUT2D eigenvalue weighted by Crippen LogP contribution is 2.11. The highest BCUT2D eigenvalue weighted by molar-refractivity contribution is 5.93. The van der Waals surface area contributed by atoms with Crippen LogP contribution < -0.4 is 11.5 Å². The molecule has 0 atom stereocenters. The lowest BCUT2D eigenvalue weighted by Gasteiger charge is -2.06. The van der Waals surface area contributed by atoms with E-state index < -0.39 is 5.97 Å². The van der Waals surface area contributed by atoms with E-state index in [9.17, 15) is 4.79 Å². The maximum Gasteiger partial charge on any atom is 0.343 e. The van der Waals surface area contributed by atoms with Gasteiger partial charge >= 0.3 is 5.97 Å². The maximum atomic E-state index is 11.7. The summed E-state index contributed by atoms with van der Waals surface area (Å²) >= 11 is 0. The Morgan fingerprint density at radius 3 is 2.61 bits per heavy atom. The molecule has 2 rings (SSSR count). The molecule has 0 amide bonds. The smallest absolute Gasteiger partial charge is 0.343 e. The van der Waals surface area contributed by atoms with Crippen molar-refractivity contribution in [2.45, 2.75) is 6.61 Å². The molecule has 0 aliphatic rings. The van der Waals surface area contributed by atoms with Gasteiger partial charge in [0.05, 0.1) is 0 Å². The number of hydrogen-bond acceptors (Lipinski definition) is 6. The van der Waals surface area contributed by atoms with Crippen molar-refractivity contribution >= 4 is 17.7 Å². The quantitative estimate of drug-likeness (QED) is 0.780. The monoisotopic (exact) mass is 244 g/mol. The van der Waals surface area contributed by atoms with Gasteiger partial charge in [0.1, 0.15) is 18.0 Å². The molecule has 0 bridgehead atoms. The lowest BCUT2D eigenvalue weighted by molar-refractivity contribution is 0.0473. The molecule has 0 radical (unpaired) electrons. The summed E-state index contributed by atoms with van der Waals surface area (Å²) < 4.78 is 5.10. The van der Waals surface area contributed by atoms with Gasteiger partial charge in [-0.2, -0.15) is 4.98 Å². The summed E-state index contributed by atoms with van der Waals surface area (Å²) in [4.78, 5) is 19.1. The Morgan fingerprint density at radius 1 is 1.22 bits per heavy atom. The molecular weight excluding hydrogens is 232 g/mol. The van der Waals surface area contributed by atoms with E-state index in [1.54, 1.807) is 0 Å². The van der Waals surface area contributed by atoms with Crippen molar-refractivity contribution < 1.29 is 9.53 Å². The van der Waals surface area contributed by atoms with Crippen molar-refractivity contribution in [1.82, 2.24) is 9.97 Å². The maximum absolute atomic E-state index is 11.7. The number of nitrogen functional groups attached to an aromatic ring is 2. The third-order valence-corrected chi connectivity index (χ3v) is 2.27. The first kappa shape index (κ1) is 11.8. The number of anilines is 2. The minimum absolute atomic E-state index is 0.0144. The van der Waals surface area contributed by atoms with E-state index >= 15 is 0 Å². The van der Waals surface area contributed by atoms with E-state index in [2.05, 4.69) is 9.97 Å².